The van der Waals surface area contributed by atoms with Gasteiger partial charge in [0, 0.05) is 11.3 Å². The molecule has 1 fully saturated rings. The number of rotatable bonds is 3. The van der Waals surface area contributed by atoms with E-state index in [0.29, 0.717) is 18.3 Å². The molecule has 0 spiro atoms. The molecule has 1 atom stereocenters. The van der Waals surface area contributed by atoms with Gasteiger partial charge in [-0.3, -0.25) is 4.99 Å². The maximum Gasteiger partial charge on any atom is 0.248 e. The number of nitrogens with one attached hydrogen (secondary N) is 1. The van der Waals surface area contributed by atoms with Gasteiger partial charge in [-0.05, 0) is 26.7 Å². The van der Waals surface area contributed by atoms with Gasteiger partial charge >= 0.3 is 0 Å². The number of aryl methyl sites for hydroxylation is 1. The highest BCUT2D eigenvalue weighted by Crippen LogP contribution is 2.24. The van der Waals surface area contributed by atoms with E-state index in [1.54, 1.807) is 11.8 Å². The van der Waals surface area contributed by atoms with E-state index < -0.39 is 0 Å². The molecule has 1 unspecified atom stereocenters. The summed E-state index contributed by atoms with van der Waals surface area (Å²) < 4.78 is 5.03. The van der Waals surface area contributed by atoms with Crippen LogP contribution in [0.3, 0.4) is 0 Å². The standard InChI is InChI=1S/C11H18N4OS/c1-4-11(3)5-6-17-10(14-11)12-7-9-13-8(2)15-16-9/h4-7H2,1-3H3,(H,12,14). The average molecular weight is 254 g/mol. The average Bonchev–Trinajstić information content (AvgIpc) is 2.73. The fourth-order valence-corrected chi connectivity index (χ4v) is 2.84. The lowest BCUT2D eigenvalue weighted by Crippen LogP contribution is -2.48. The first-order valence-electron chi connectivity index (χ1n) is 5.86. The number of hydrogen-bond acceptors (Lipinski definition) is 5. The molecular formula is C11H18N4OS. The molecule has 1 aliphatic heterocycles. The van der Waals surface area contributed by atoms with E-state index in [1.807, 2.05) is 6.92 Å². The van der Waals surface area contributed by atoms with Crippen LogP contribution in [0.15, 0.2) is 9.52 Å². The number of nitrogens with zero attached hydrogens (tertiary/aromatic N) is 3. The Labute approximate surface area is 105 Å². The van der Waals surface area contributed by atoms with Crippen molar-refractivity contribution in [3.05, 3.63) is 11.7 Å². The Bertz CT molecular complexity index is 417. The first-order valence-corrected chi connectivity index (χ1v) is 6.84. The van der Waals surface area contributed by atoms with Gasteiger partial charge in [-0.15, -0.1) is 0 Å². The van der Waals surface area contributed by atoms with Crippen LogP contribution in [0.4, 0.5) is 0 Å². The summed E-state index contributed by atoms with van der Waals surface area (Å²) >= 11 is 1.76. The minimum absolute atomic E-state index is 0.175. The minimum Gasteiger partial charge on any atom is -0.360 e. The van der Waals surface area contributed by atoms with Crippen LogP contribution in [0.2, 0.25) is 0 Å². The van der Waals surface area contributed by atoms with Gasteiger partial charge < -0.3 is 9.84 Å². The lowest BCUT2D eigenvalue weighted by atomic mass is 9.96. The molecule has 0 saturated carbocycles. The van der Waals surface area contributed by atoms with Crippen LogP contribution in [0, 0.1) is 6.92 Å². The monoisotopic (exact) mass is 254 g/mol. The van der Waals surface area contributed by atoms with Gasteiger partial charge in [0.25, 0.3) is 0 Å². The van der Waals surface area contributed by atoms with Gasteiger partial charge in [-0.25, -0.2) is 0 Å². The SMILES string of the molecule is CCC1(C)CCSC(=NCc2nc(C)no2)N1. The largest absolute Gasteiger partial charge is 0.360 e. The van der Waals surface area contributed by atoms with Gasteiger partial charge in [0.15, 0.2) is 11.0 Å². The van der Waals surface area contributed by atoms with Gasteiger partial charge in [-0.2, -0.15) is 4.98 Å². The van der Waals surface area contributed by atoms with Crippen LogP contribution in [-0.4, -0.2) is 26.6 Å². The highest BCUT2D eigenvalue weighted by molar-refractivity contribution is 8.13. The van der Waals surface area contributed by atoms with Crippen LogP contribution in [0.1, 0.15) is 38.4 Å². The van der Waals surface area contributed by atoms with Crippen molar-refractivity contribution in [3.8, 4) is 0 Å². The zero-order valence-corrected chi connectivity index (χ0v) is 11.3. The first-order chi connectivity index (χ1) is 8.11. The third-order valence-electron chi connectivity index (χ3n) is 3.01. The highest BCUT2D eigenvalue weighted by atomic mass is 32.2. The van der Waals surface area contributed by atoms with E-state index in [-0.39, 0.29) is 5.54 Å². The van der Waals surface area contributed by atoms with E-state index in [4.69, 9.17) is 4.52 Å². The van der Waals surface area contributed by atoms with Crippen LogP contribution in [-0.2, 0) is 6.54 Å². The summed E-state index contributed by atoms with van der Waals surface area (Å²) in [6.45, 7) is 6.69. The Morgan fingerprint density at radius 3 is 3.06 bits per heavy atom. The quantitative estimate of drug-likeness (QED) is 0.895. The van der Waals surface area contributed by atoms with Crippen LogP contribution in [0.5, 0.6) is 0 Å². The minimum atomic E-state index is 0.175. The van der Waals surface area contributed by atoms with Gasteiger partial charge in [0.1, 0.15) is 6.54 Å². The molecule has 2 heterocycles. The predicted molar refractivity (Wildman–Crippen MR) is 69.1 cm³/mol. The molecule has 0 bridgehead atoms. The molecule has 1 N–H and O–H groups in total. The van der Waals surface area contributed by atoms with Crippen molar-refractivity contribution in [1.82, 2.24) is 15.5 Å². The lowest BCUT2D eigenvalue weighted by molar-refractivity contribution is 0.374. The second kappa shape index (κ2) is 5.08. The van der Waals surface area contributed by atoms with Crippen LogP contribution in [0.25, 0.3) is 0 Å². The lowest BCUT2D eigenvalue weighted by Gasteiger charge is -2.35. The molecule has 1 aromatic rings. The molecule has 6 heteroatoms. The molecule has 1 aliphatic rings. The van der Waals surface area contributed by atoms with E-state index in [2.05, 4.69) is 34.3 Å². The summed E-state index contributed by atoms with van der Waals surface area (Å²) in [5, 5.41) is 8.21. The maximum absolute atomic E-state index is 5.03. The second-order valence-electron chi connectivity index (χ2n) is 4.49. The smallest absolute Gasteiger partial charge is 0.248 e. The normalized spacial score (nSPS) is 27.1. The van der Waals surface area contributed by atoms with Gasteiger partial charge in [-0.1, -0.05) is 23.8 Å². The van der Waals surface area contributed by atoms with Crippen molar-refractivity contribution in [3.63, 3.8) is 0 Å². The molecule has 94 valence electrons. The number of aromatic nitrogens is 2. The molecular weight excluding hydrogens is 236 g/mol. The zero-order valence-electron chi connectivity index (χ0n) is 10.5. The zero-order chi connectivity index (χ0) is 12.3. The fourth-order valence-electron chi connectivity index (χ4n) is 1.62. The predicted octanol–water partition coefficient (Wildman–Crippen LogP) is 2.13. The summed E-state index contributed by atoms with van der Waals surface area (Å²) in [5.74, 6) is 2.34. The summed E-state index contributed by atoms with van der Waals surface area (Å²) in [5.41, 5.74) is 0.175. The van der Waals surface area contributed by atoms with Gasteiger partial charge in [0.2, 0.25) is 5.89 Å². The molecule has 5 nitrogen and oxygen atoms in total. The van der Waals surface area contributed by atoms with E-state index in [1.165, 1.54) is 6.42 Å². The van der Waals surface area contributed by atoms with Crippen molar-refractivity contribution in [2.45, 2.75) is 45.7 Å². The summed E-state index contributed by atoms with van der Waals surface area (Å²) in [6.07, 6.45) is 2.28. The number of aliphatic imine (C=N–C) groups is 1. The van der Waals surface area contributed by atoms with Crippen LogP contribution < -0.4 is 5.32 Å². The third-order valence-corrected chi connectivity index (χ3v) is 3.92. The molecule has 0 aliphatic carbocycles. The van der Waals surface area contributed by atoms with E-state index >= 15 is 0 Å². The number of amidine groups is 1. The van der Waals surface area contributed by atoms with Crippen molar-refractivity contribution in [2.24, 2.45) is 4.99 Å². The molecule has 2 rings (SSSR count). The van der Waals surface area contributed by atoms with E-state index in [9.17, 15) is 0 Å². The first kappa shape index (κ1) is 12.4. The fraction of sp³-hybridized carbons (Fsp3) is 0.727. The molecule has 1 aromatic heterocycles. The Morgan fingerprint density at radius 1 is 1.59 bits per heavy atom. The van der Waals surface area contributed by atoms with E-state index in [0.717, 1.165) is 17.3 Å². The van der Waals surface area contributed by atoms with Crippen molar-refractivity contribution < 1.29 is 4.52 Å². The Balaban J connectivity index is 1.97. The van der Waals surface area contributed by atoms with Crippen molar-refractivity contribution >= 4 is 16.9 Å². The molecule has 0 amide bonds. The second-order valence-corrected chi connectivity index (χ2v) is 5.58. The summed E-state index contributed by atoms with van der Waals surface area (Å²) in [7, 11) is 0. The topological polar surface area (TPSA) is 63.3 Å². The molecule has 17 heavy (non-hydrogen) atoms. The maximum atomic E-state index is 5.03. The Morgan fingerprint density at radius 2 is 2.41 bits per heavy atom. The van der Waals surface area contributed by atoms with Gasteiger partial charge in [0.05, 0.1) is 0 Å². The highest BCUT2D eigenvalue weighted by Gasteiger charge is 2.27. The van der Waals surface area contributed by atoms with Crippen molar-refractivity contribution in [1.29, 1.82) is 0 Å². The number of thioether (sulfide) groups is 1. The Hall–Kier alpha value is -1.04. The number of hydrogen-bond donors (Lipinski definition) is 1. The summed E-state index contributed by atoms with van der Waals surface area (Å²) in [6, 6.07) is 0. The third kappa shape index (κ3) is 3.21. The molecule has 1 saturated heterocycles. The van der Waals surface area contributed by atoms with Crippen molar-refractivity contribution in [2.75, 3.05) is 5.75 Å². The van der Waals surface area contributed by atoms with Crippen LogP contribution >= 0.6 is 11.8 Å². The Kier molecular flexibility index (Phi) is 3.71. The molecule has 0 radical (unpaired) electrons. The molecule has 0 aromatic carbocycles. The summed E-state index contributed by atoms with van der Waals surface area (Å²) in [4.78, 5) is 8.61.